The van der Waals surface area contributed by atoms with Gasteiger partial charge >= 0.3 is 0 Å². The average molecular weight is 530 g/mol. The number of oxazole rings is 1. The fraction of sp³-hybridized carbons (Fsp3) is 0.452. The molecule has 6 nitrogen and oxygen atoms in total. The van der Waals surface area contributed by atoms with Crippen LogP contribution in [0.15, 0.2) is 46.9 Å². The van der Waals surface area contributed by atoms with E-state index in [9.17, 15) is 0 Å². The third kappa shape index (κ3) is 6.05. The molecule has 0 spiro atoms. The number of amidine groups is 1. The van der Waals surface area contributed by atoms with Gasteiger partial charge in [-0.3, -0.25) is 10.4 Å². The van der Waals surface area contributed by atoms with Crippen molar-refractivity contribution < 1.29 is 4.42 Å². The van der Waals surface area contributed by atoms with Gasteiger partial charge in [0.15, 0.2) is 11.5 Å². The second-order valence-corrected chi connectivity index (χ2v) is 11.3. The number of aromatic nitrogens is 2. The maximum atomic E-state index is 8.78. The minimum absolute atomic E-state index is 0.557. The summed E-state index contributed by atoms with van der Waals surface area (Å²) in [5.41, 5.74) is 7.82. The highest BCUT2D eigenvalue weighted by Gasteiger charge is 2.17. The Kier molecular flexibility index (Phi) is 8.65. The van der Waals surface area contributed by atoms with Gasteiger partial charge in [0, 0.05) is 43.2 Å². The van der Waals surface area contributed by atoms with Gasteiger partial charge in [-0.15, -0.1) is 11.8 Å². The predicted octanol–water partition coefficient (Wildman–Crippen LogP) is 6.33. The minimum atomic E-state index is 0.557. The molecule has 3 heterocycles. The number of thioether (sulfide) groups is 1. The van der Waals surface area contributed by atoms with Crippen molar-refractivity contribution in [2.75, 3.05) is 38.3 Å². The summed E-state index contributed by atoms with van der Waals surface area (Å²) in [5.74, 6) is 3.33. The molecule has 5 rings (SSSR count). The van der Waals surface area contributed by atoms with Crippen LogP contribution in [0.25, 0.3) is 22.0 Å². The molecule has 0 radical (unpaired) electrons. The number of benzene rings is 2. The van der Waals surface area contributed by atoms with Gasteiger partial charge in [-0.1, -0.05) is 32.0 Å². The molecule has 4 aromatic rings. The van der Waals surface area contributed by atoms with Crippen molar-refractivity contribution in [3.63, 3.8) is 0 Å². The summed E-state index contributed by atoms with van der Waals surface area (Å²) in [4.78, 5) is 14.1. The van der Waals surface area contributed by atoms with E-state index in [-0.39, 0.29) is 0 Å². The van der Waals surface area contributed by atoms with E-state index < -0.39 is 0 Å². The van der Waals surface area contributed by atoms with Gasteiger partial charge in [-0.05, 0) is 79.8 Å². The lowest BCUT2D eigenvalue weighted by Gasteiger charge is -2.22. The first-order valence-corrected chi connectivity index (χ1v) is 15.1. The maximum absolute atomic E-state index is 8.78. The molecule has 0 saturated heterocycles. The zero-order valence-corrected chi connectivity index (χ0v) is 23.7. The Labute approximate surface area is 230 Å². The van der Waals surface area contributed by atoms with Crippen LogP contribution in [-0.2, 0) is 25.7 Å². The molecule has 0 amide bonds. The largest absolute Gasteiger partial charge is 0.441 e. The summed E-state index contributed by atoms with van der Waals surface area (Å²) in [7, 11) is 2.02. The van der Waals surface area contributed by atoms with Gasteiger partial charge in [0.05, 0.1) is 11.4 Å². The summed E-state index contributed by atoms with van der Waals surface area (Å²) in [6.07, 6.45) is 6.19. The van der Waals surface area contributed by atoms with Crippen molar-refractivity contribution in [1.82, 2.24) is 19.8 Å². The summed E-state index contributed by atoms with van der Waals surface area (Å²) in [6.45, 7) is 7.59. The van der Waals surface area contributed by atoms with Crippen LogP contribution in [0.5, 0.6) is 0 Å². The van der Waals surface area contributed by atoms with E-state index in [1.807, 2.05) is 41.9 Å². The highest BCUT2D eigenvalue weighted by Crippen LogP contribution is 2.25. The van der Waals surface area contributed by atoms with Gasteiger partial charge in [0.1, 0.15) is 11.4 Å². The summed E-state index contributed by atoms with van der Waals surface area (Å²) in [6, 6.07) is 14.8. The van der Waals surface area contributed by atoms with Crippen LogP contribution in [0, 0.1) is 5.41 Å². The monoisotopic (exact) mass is 529 g/mol. The second kappa shape index (κ2) is 12.3. The number of nitrogens with zero attached hydrogens (tertiary/aromatic N) is 4. The second-order valence-electron chi connectivity index (χ2n) is 10.3. The van der Waals surface area contributed by atoms with E-state index in [0.717, 1.165) is 109 Å². The Hall–Kier alpha value is -2.90. The van der Waals surface area contributed by atoms with E-state index in [1.54, 1.807) is 0 Å². The first kappa shape index (κ1) is 26.7. The molecule has 7 heteroatoms. The standard InChI is InChI=1S/C31H39N5OS/c1-4-8-30-34-28-19-22-13-16-36(17-14-23(22)20-29(28)37-30)15-7-18-38-21-35(3)31(32)26-9-6-10-27-25(26)12-11-24(5-2)33-27/h6,9-12,19-20,32H,4-5,7-8,13-18,21H2,1-3H3. The molecule has 1 aliphatic heterocycles. The number of pyridine rings is 1. The van der Waals surface area contributed by atoms with Crippen LogP contribution in [0.4, 0.5) is 0 Å². The molecule has 2 aromatic carbocycles. The fourth-order valence-electron chi connectivity index (χ4n) is 5.25. The third-order valence-electron chi connectivity index (χ3n) is 7.45. The number of aryl methyl sites for hydroxylation is 2. The van der Waals surface area contributed by atoms with Crippen molar-refractivity contribution in [1.29, 1.82) is 5.41 Å². The number of hydrogen-bond donors (Lipinski definition) is 1. The Balaban J connectivity index is 1.08. The lowest BCUT2D eigenvalue weighted by Crippen LogP contribution is -2.28. The molecule has 1 aliphatic rings. The Morgan fingerprint density at radius 1 is 1.05 bits per heavy atom. The zero-order chi connectivity index (χ0) is 26.5. The van der Waals surface area contributed by atoms with Gasteiger partial charge in [0.2, 0.25) is 0 Å². The molecule has 1 N–H and O–H groups in total. The summed E-state index contributed by atoms with van der Waals surface area (Å²) in [5, 5.41) is 9.84. The summed E-state index contributed by atoms with van der Waals surface area (Å²) < 4.78 is 5.98. The van der Waals surface area contributed by atoms with Crippen LogP contribution in [0.2, 0.25) is 0 Å². The normalized spacial score (nSPS) is 14.1. The molecular formula is C31H39N5OS. The third-order valence-corrected chi connectivity index (χ3v) is 8.60. The molecule has 0 saturated carbocycles. The highest BCUT2D eigenvalue weighted by molar-refractivity contribution is 7.99. The molecule has 0 bridgehead atoms. The molecule has 200 valence electrons. The van der Waals surface area contributed by atoms with Crippen LogP contribution in [-0.4, -0.2) is 63.9 Å². The smallest absolute Gasteiger partial charge is 0.195 e. The van der Waals surface area contributed by atoms with Crippen molar-refractivity contribution in [3.05, 3.63) is 70.7 Å². The average Bonchev–Trinajstić information content (AvgIpc) is 3.22. The Morgan fingerprint density at radius 2 is 1.87 bits per heavy atom. The van der Waals surface area contributed by atoms with Crippen LogP contribution >= 0.6 is 11.8 Å². The lowest BCUT2D eigenvalue weighted by atomic mass is 10.0. The van der Waals surface area contributed by atoms with Crippen LogP contribution in [0.1, 0.15) is 55.0 Å². The lowest BCUT2D eigenvalue weighted by molar-refractivity contribution is 0.289. The molecule has 38 heavy (non-hydrogen) atoms. The van der Waals surface area contributed by atoms with Gasteiger partial charge in [-0.25, -0.2) is 4.98 Å². The zero-order valence-electron chi connectivity index (χ0n) is 22.9. The quantitative estimate of drug-likeness (QED) is 0.112. The SMILES string of the molecule is CCCc1nc2cc3c(cc2o1)CCN(CCCSCN(C)C(=N)c1cccc2nc(CC)ccc12)CC3. The highest BCUT2D eigenvalue weighted by atomic mass is 32.2. The molecule has 0 fully saturated rings. The van der Waals surface area contributed by atoms with Gasteiger partial charge in [0.25, 0.3) is 0 Å². The van der Waals surface area contributed by atoms with Crippen molar-refractivity contribution >= 4 is 39.6 Å². The van der Waals surface area contributed by atoms with Crippen molar-refractivity contribution in [3.8, 4) is 0 Å². The first-order chi connectivity index (χ1) is 18.6. The summed E-state index contributed by atoms with van der Waals surface area (Å²) >= 11 is 1.91. The fourth-order valence-corrected chi connectivity index (χ4v) is 6.11. The predicted molar refractivity (Wildman–Crippen MR) is 160 cm³/mol. The van der Waals surface area contributed by atoms with E-state index in [2.05, 4.69) is 43.0 Å². The Morgan fingerprint density at radius 3 is 2.66 bits per heavy atom. The minimum Gasteiger partial charge on any atom is -0.441 e. The van der Waals surface area contributed by atoms with E-state index in [0.29, 0.717) is 5.84 Å². The molecular weight excluding hydrogens is 490 g/mol. The van der Waals surface area contributed by atoms with Crippen molar-refractivity contribution in [2.45, 2.75) is 52.4 Å². The van der Waals surface area contributed by atoms with Gasteiger partial charge < -0.3 is 14.2 Å². The van der Waals surface area contributed by atoms with Crippen LogP contribution < -0.4 is 0 Å². The molecule has 0 unspecified atom stereocenters. The number of fused-ring (bicyclic) bond motifs is 3. The molecule has 0 aliphatic carbocycles. The van der Waals surface area contributed by atoms with E-state index in [4.69, 9.17) is 19.8 Å². The number of hydrogen-bond acceptors (Lipinski definition) is 6. The van der Waals surface area contributed by atoms with Crippen LogP contribution in [0.3, 0.4) is 0 Å². The van der Waals surface area contributed by atoms with E-state index in [1.165, 1.54) is 11.1 Å². The Bertz CT molecular complexity index is 1370. The topological polar surface area (TPSA) is 69.2 Å². The first-order valence-electron chi connectivity index (χ1n) is 14.0. The van der Waals surface area contributed by atoms with Crippen molar-refractivity contribution in [2.24, 2.45) is 0 Å². The number of nitrogens with one attached hydrogen (secondary N) is 1. The number of rotatable bonds is 10. The maximum Gasteiger partial charge on any atom is 0.195 e. The van der Waals surface area contributed by atoms with E-state index >= 15 is 0 Å². The van der Waals surface area contributed by atoms with Gasteiger partial charge in [-0.2, -0.15) is 0 Å². The molecule has 0 atom stereocenters. The molecule has 2 aromatic heterocycles.